The lowest BCUT2D eigenvalue weighted by Crippen LogP contribution is -2.29. The molecule has 0 amide bonds. The number of ketones is 1. The highest BCUT2D eigenvalue weighted by Gasteiger charge is 2.22. The molecule has 1 N–H and O–H groups in total. The summed E-state index contributed by atoms with van der Waals surface area (Å²) in [6, 6.07) is 10.3. The van der Waals surface area contributed by atoms with Crippen molar-refractivity contribution in [2.45, 2.75) is 56.1 Å². The minimum absolute atomic E-state index is 0.0220. The van der Waals surface area contributed by atoms with Crippen LogP contribution in [0.1, 0.15) is 60.7 Å². The highest BCUT2D eigenvalue weighted by molar-refractivity contribution is 7.91. The normalized spacial score (nSPS) is 11.9. The van der Waals surface area contributed by atoms with E-state index in [0.29, 0.717) is 34.2 Å². The number of nitrogens with one attached hydrogen (secondary N) is 1. The van der Waals surface area contributed by atoms with Crippen molar-refractivity contribution in [3.8, 4) is 0 Å². The number of carbonyl (C=O) groups excluding carboxylic acids is 1. The Balaban J connectivity index is 1.77. The molecule has 0 aliphatic rings. The minimum atomic E-state index is -3.49. The van der Waals surface area contributed by atoms with Gasteiger partial charge in [-0.2, -0.15) is 0 Å². The van der Waals surface area contributed by atoms with Crippen LogP contribution in [-0.4, -0.2) is 45.2 Å². The smallest absolute Gasteiger partial charge is 0.252 e. The molecule has 0 aliphatic heterocycles. The van der Waals surface area contributed by atoms with Gasteiger partial charge in [-0.15, -0.1) is 11.3 Å². The lowest BCUT2D eigenvalue weighted by Gasteiger charge is -2.16. The molecule has 0 spiro atoms. The summed E-state index contributed by atoms with van der Waals surface area (Å²) in [7, 11) is -1.87. The number of rotatable bonds is 15. The van der Waals surface area contributed by atoms with Gasteiger partial charge >= 0.3 is 0 Å². The maximum absolute atomic E-state index is 12.8. The molecule has 0 saturated heterocycles. The SMILES string of the molecule is CCCCCCNCCCN(C)S(=O)(=O)c1ccc(CCC(=O)c2ccc(Cl)cc2)s1. The van der Waals surface area contributed by atoms with E-state index < -0.39 is 10.0 Å². The number of benzene rings is 1. The van der Waals surface area contributed by atoms with Crippen LogP contribution in [0.4, 0.5) is 0 Å². The Morgan fingerprint density at radius 1 is 1.03 bits per heavy atom. The van der Waals surface area contributed by atoms with Gasteiger partial charge in [0.05, 0.1) is 0 Å². The van der Waals surface area contributed by atoms with E-state index in [9.17, 15) is 13.2 Å². The summed E-state index contributed by atoms with van der Waals surface area (Å²) in [5, 5.41) is 3.97. The third kappa shape index (κ3) is 8.66. The zero-order valence-corrected chi connectivity index (χ0v) is 20.8. The Morgan fingerprint density at radius 3 is 2.45 bits per heavy atom. The van der Waals surface area contributed by atoms with Crippen molar-refractivity contribution in [3.63, 3.8) is 0 Å². The van der Waals surface area contributed by atoms with Crippen molar-refractivity contribution in [1.82, 2.24) is 9.62 Å². The maximum atomic E-state index is 12.8. The van der Waals surface area contributed by atoms with Crippen LogP contribution in [0, 0.1) is 0 Å². The Morgan fingerprint density at radius 2 is 1.74 bits per heavy atom. The molecule has 0 unspecified atom stereocenters. The molecule has 0 bridgehead atoms. The average Bonchev–Trinajstić information content (AvgIpc) is 3.24. The number of hydrogen-bond acceptors (Lipinski definition) is 5. The number of aryl methyl sites for hydroxylation is 1. The largest absolute Gasteiger partial charge is 0.317 e. The predicted molar refractivity (Wildman–Crippen MR) is 130 cm³/mol. The van der Waals surface area contributed by atoms with Crippen molar-refractivity contribution in [1.29, 1.82) is 0 Å². The molecule has 1 heterocycles. The van der Waals surface area contributed by atoms with Crippen molar-refractivity contribution in [2.24, 2.45) is 0 Å². The second-order valence-corrected chi connectivity index (χ2v) is 11.5. The molecule has 172 valence electrons. The number of carbonyl (C=O) groups is 1. The highest BCUT2D eigenvalue weighted by atomic mass is 35.5. The molecular weight excluding hydrogens is 452 g/mol. The molecule has 0 saturated carbocycles. The fraction of sp³-hybridized carbons (Fsp3) is 0.522. The molecule has 0 atom stereocenters. The molecule has 1 aromatic carbocycles. The van der Waals surface area contributed by atoms with Crippen LogP contribution in [-0.2, 0) is 16.4 Å². The first-order chi connectivity index (χ1) is 14.8. The van der Waals surface area contributed by atoms with Crippen molar-refractivity contribution < 1.29 is 13.2 Å². The molecule has 31 heavy (non-hydrogen) atoms. The van der Waals surface area contributed by atoms with E-state index in [1.807, 2.05) is 0 Å². The van der Waals surface area contributed by atoms with Gasteiger partial charge in [0, 0.05) is 35.5 Å². The van der Waals surface area contributed by atoms with Gasteiger partial charge in [0.2, 0.25) is 0 Å². The van der Waals surface area contributed by atoms with Crippen LogP contribution >= 0.6 is 22.9 Å². The molecule has 0 radical (unpaired) electrons. The third-order valence-electron chi connectivity index (χ3n) is 5.10. The topological polar surface area (TPSA) is 66.5 Å². The quantitative estimate of drug-likeness (QED) is 0.271. The number of Topliss-reactive ketones (excluding diaryl/α,β-unsaturated/α-hetero) is 1. The predicted octanol–water partition coefficient (Wildman–Crippen LogP) is 5.40. The second kappa shape index (κ2) is 13.3. The lowest BCUT2D eigenvalue weighted by atomic mass is 10.1. The second-order valence-electron chi connectivity index (χ2n) is 7.64. The van der Waals surface area contributed by atoms with Crippen LogP contribution in [0.2, 0.25) is 5.02 Å². The number of nitrogens with zero attached hydrogens (tertiary/aromatic N) is 1. The first-order valence-electron chi connectivity index (χ1n) is 10.9. The summed E-state index contributed by atoms with van der Waals surface area (Å²) in [5.41, 5.74) is 0.618. The van der Waals surface area contributed by atoms with Gasteiger partial charge < -0.3 is 5.32 Å². The van der Waals surface area contributed by atoms with Crippen LogP contribution in [0.3, 0.4) is 0 Å². The zero-order valence-electron chi connectivity index (χ0n) is 18.4. The fourth-order valence-corrected chi connectivity index (χ4v) is 6.05. The Kier molecular flexibility index (Phi) is 11.2. The monoisotopic (exact) mass is 484 g/mol. The maximum Gasteiger partial charge on any atom is 0.252 e. The highest BCUT2D eigenvalue weighted by Crippen LogP contribution is 2.26. The molecule has 0 aliphatic carbocycles. The van der Waals surface area contributed by atoms with E-state index in [1.165, 1.54) is 41.3 Å². The van der Waals surface area contributed by atoms with E-state index in [4.69, 9.17) is 11.6 Å². The lowest BCUT2D eigenvalue weighted by molar-refractivity contribution is 0.0983. The molecule has 2 rings (SSSR count). The third-order valence-corrected chi connectivity index (χ3v) is 8.82. The van der Waals surface area contributed by atoms with Gasteiger partial charge in [0.15, 0.2) is 5.78 Å². The molecule has 1 aromatic heterocycles. The number of thiophene rings is 1. The van der Waals surface area contributed by atoms with Crippen LogP contribution < -0.4 is 5.32 Å². The van der Waals surface area contributed by atoms with E-state index in [-0.39, 0.29) is 5.78 Å². The minimum Gasteiger partial charge on any atom is -0.317 e. The number of sulfonamides is 1. The van der Waals surface area contributed by atoms with Crippen molar-refractivity contribution >= 4 is 38.7 Å². The Hall–Kier alpha value is -1.25. The Bertz CT molecular complexity index is 911. The summed E-state index contributed by atoms with van der Waals surface area (Å²) < 4.78 is 27.4. The first kappa shape index (κ1) is 26.0. The number of unbranched alkanes of at least 4 members (excludes halogenated alkanes) is 3. The van der Waals surface area contributed by atoms with Crippen LogP contribution in [0.15, 0.2) is 40.6 Å². The fourth-order valence-electron chi connectivity index (χ4n) is 3.15. The molecule has 8 heteroatoms. The molecular formula is C23H33ClN2O3S2. The summed E-state index contributed by atoms with van der Waals surface area (Å²) in [6.45, 7) is 4.47. The van der Waals surface area contributed by atoms with Crippen LogP contribution in [0.5, 0.6) is 0 Å². The standard InChI is InChI=1S/C23H33ClN2O3S2/c1-3-4-5-6-16-25-17-7-18-26(2)31(28,29)23-15-13-21(30-23)12-14-22(27)19-8-10-20(24)11-9-19/h8-11,13,15,25H,3-7,12,14,16-18H2,1-2H3. The van der Waals surface area contributed by atoms with E-state index in [2.05, 4.69) is 12.2 Å². The summed E-state index contributed by atoms with van der Waals surface area (Å²) >= 11 is 7.10. The van der Waals surface area contributed by atoms with Crippen molar-refractivity contribution in [2.75, 3.05) is 26.7 Å². The molecule has 5 nitrogen and oxygen atoms in total. The van der Waals surface area contributed by atoms with E-state index in [1.54, 1.807) is 43.4 Å². The van der Waals surface area contributed by atoms with E-state index in [0.717, 1.165) is 24.4 Å². The average molecular weight is 485 g/mol. The van der Waals surface area contributed by atoms with Gasteiger partial charge in [0.25, 0.3) is 10.0 Å². The van der Waals surface area contributed by atoms with Gasteiger partial charge in [-0.25, -0.2) is 12.7 Å². The number of hydrogen-bond donors (Lipinski definition) is 1. The van der Waals surface area contributed by atoms with Gasteiger partial charge in [-0.1, -0.05) is 37.8 Å². The summed E-state index contributed by atoms with van der Waals surface area (Å²) in [6.07, 6.45) is 6.53. The van der Waals surface area contributed by atoms with E-state index >= 15 is 0 Å². The van der Waals surface area contributed by atoms with Gasteiger partial charge in [-0.05, 0) is 68.8 Å². The number of halogens is 1. The summed E-state index contributed by atoms with van der Waals surface area (Å²) in [5.74, 6) is 0.0220. The molecule has 0 fully saturated rings. The first-order valence-corrected chi connectivity index (χ1v) is 13.5. The van der Waals surface area contributed by atoms with Gasteiger partial charge in [0.1, 0.15) is 4.21 Å². The van der Waals surface area contributed by atoms with Gasteiger partial charge in [-0.3, -0.25) is 4.79 Å². The van der Waals surface area contributed by atoms with Crippen molar-refractivity contribution in [3.05, 3.63) is 51.9 Å². The molecule has 2 aromatic rings. The van der Waals surface area contributed by atoms with Crippen LogP contribution in [0.25, 0.3) is 0 Å². The Labute approximate surface area is 195 Å². The zero-order chi connectivity index (χ0) is 22.7. The summed E-state index contributed by atoms with van der Waals surface area (Å²) in [4.78, 5) is 13.2.